The van der Waals surface area contributed by atoms with Crippen molar-refractivity contribution in [2.75, 3.05) is 39.3 Å². The van der Waals surface area contributed by atoms with E-state index in [1.807, 2.05) is 48.0 Å². The molecule has 1 aliphatic heterocycles. The maximum Gasteiger partial charge on any atom is 0.261 e. The lowest BCUT2D eigenvalue weighted by Crippen LogP contribution is -2.46. The molecule has 0 atom stereocenters. The normalized spacial score (nSPS) is 14.9. The van der Waals surface area contributed by atoms with E-state index < -0.39 is 0 Å². The summed E-state index contributed by atoms with van der Waals surface area (Å²) in [5, 5.41) is 12.1. The first kappa shape index (κ1) is 19.8. The maximum atomic E-state index is 12.6. The van der Waals surface area contributed by atoms with E-state index in [2.05, 4.69) is 20.6 Å². The zero-order valence-electron chi connectivity index (χ0n) is 15.3. The van der Waals surface area contributed by atoms with Crippen LogP contribution < -0.4 is 10.6 Å². The lowest BCUT2D eigenvalue weighted by Gasteiger charge is -2.26. The molecule has 27 heavy (non-hydrogen) atoms. The van der Waals surface area contributed by atoms with Gasteiger partial charge in [-0.15, -0.1) is 23.7 Å². The van der Waals surface area contributed by atoms with Crippen molar-refractivity contribution in [3.63, 3.8) is 0 Å². The van der Waals surface area contributed by atoms with Crippen molar-refractivity contribution in [2.45, 2.75) is 6.92 Å². The van der Waals surface area contributed by atoms with Crippen LogP contribution >= 0.6 is 23.7 Å². The van der Waals surface area contributed by atoms with Gasteiger partial charge in [0, 0.05) is 44.7 Å². The number of halogens is 1. The van der Waals surface area contributed by atoms with Gasteiger partial charge in [0.1, 0.15) is 4.83 Å². The summed E-state index contributed by atoms with van der Waals surface area (Å²) in [4.78, 5) is 16.7. The van der Waals surface area contributed by atoms with Gasteiger partial charge in [-0.2, -0.15) is 5.10 Å². The number of thiophene rings is 1. The number of amides is 1. The maximum absolute atomic E-state index is 12.6. The van der Waals surface area contributed by atoms with Crippen molar-refractivity contribution < 1.29 is 4.79 Å². The van der Waals surface area contributed by atoms with E-state index in [-0.39, 0.29) is 18.3 Å². The molecule has 1 aromatic carbocycles. The van der Waals surface area contributed by atoms with Crippen molar-refractivity contribution in [1.29, 1.82) is 0 Å². The van der Waals surface area contributed by atoms with Gasteiger partial charge < -0.3 is 10.6 Å². The standard InChI is InChI=1S/C19H23N5OS.ClH/c1-14-16-13-17(18(25)21-9-12-23-10-7-20-8-11-23)26-19(16)24(22-14)15-5-3-2-4-6-15;/h2-6,13,20H,7-12H2,1H3,(H,21,25);1H. The number of hydrogen-bond acceptors (Lipinski definition) is 5. The molecule has 0 spiro atoms. The van der Waals surface area contributed by atoms with E-state index in [0.717, 1.165) is 59.2 Å². The minimum atomic E-state index is 0. The summed E-state index contributed by atoms with van der Waals surface area (Å²) in [6, 6.07) is 12.0. The fraction of sp³-hybridized carbons (Fsp3) is 0.368. The average Bonchev–Trinajstić information content (AvgIpc) is 3.24. The third kappa shape index (κ3) is 4.32. The molecule has 0 aliphatic carbocycles. The Morgan fingerprint density at radius 3 is 2.74 bits per heavy atom. The van der Waals surface area contributed by atoms with Crippen LogP contribution in [0.4, 0.5) is 0 Å². The summed E-state index contributed by atoms with van der Waals surface area (Å²) in [7, 11) is 0. The Morgan fingerprint density at radius 1 is 1.26 bits per heavy atom. The Hall–Kier alpha value is -1.93. The van der Waals surface area contributed by atoms with Gasteiger partial charge in [0.15, 0.2) is 0 Å². The van der Waals surface area contributed by atoms with Crippen LogP contribution in [0, 0.1) is 6.92 Å². The second-order valence-corrected chi connectivity index (χ2v) is 7.54. The Labute approximate surface area is 169 Å². The van der Waals surface area contributed by atoms with E-state index in [4.69, 9.17) is 0 Å². The molecule has 1 fully saturated rings. The first-order valence-electron chi connectivity index (χ1n) is 8.98. The highest BCUT2D eigenvalue weighted by Crippen LogP contribution is 2.30. The molecule has 2 N–H and O–H groups in total. The first-order chi connectivity index (χ1) is 12.7. The third-order valence-corrected chi connectivity index (χ3v) is 5.80. The molecule has 3 heterocycles. The van der Waals surface area contributed by atoms with Crippen molar-refractivity contribution in [3.05, 3.63) is 47.0 Å². The number of benzene rings is 1. The highest BCUT2D eigenvalue weighted by molar-refractivity contribution is 7.20. The Morgan fingerprint density at radius 2 is 2.00 bits per heavy atom. The minimum absolute atomic E-state index is 0. The summed E-state index contributed by atoms with van der Waals surface area (Å²) < 4.78 is 1.92. The smallest absolute Gasteiger partial charge is 0.261 e. The summed E-state index contributed by atoms with van der Waals surface area (Å²) in [5.41, 5.74) is 1.96. The zero-order chi connectivity index (χ0) is 17.9. The van der Waals surface area contributed by atoms with E-state index in [1.165, 1.54) is 11.3 Å². The van der Waals surface area contributed by atoms with Crippen LogP contribution in [-0.2, 0) is 0 Å². The van der Waals surface area contributed by atoms with Crippen molar-refractivity contribution in [3.8, 4) is 5.69 Å². The Balaban J connectivity index is 0.00000210. The van der Waals surface area contributed by atoms with Gasteiger partial charge in [0.2, 0.25) is 0 Å². The molecule has 1 aliphatic rings. The molecule has 0 bridgehead atoms. The van der Waals surface area contributed by atoms with Crippen molar-refractivity contribution in [2.24, 2.45) is 0 Å². The summed E-state index contributed by atoms with van der Waals surface area (Å²) in [6.45, 7) is 7.71. The highest BCUT2D eigenvalue weighted by Gasteiger charge is 2.17. The van der Waals surface area contributed by atoms with Crippen LogP contribution in [0.3, 0.4) is 0 Å². The molecule has 8 heteroatoms. The second kappa shape index (κ2) is 8.84. The number of aromatic nitrogens is 2. The molecule has 3 aromatic rings. The van der Waals surface area contributed by atoms with Crippen LogP contribution in [0.5, 0.6) is 0 Å². The number of nitrogens with one attached hydrogen (secondary N) is 2. The van der Waals surface area contributed by atoms with Crippen LogP contribution in [0.15, 0.2) is 36.4 Å². The van der Waals surface area contributed by atoms with E-state index in [0.29, 0.717) is 6.54 Å². The molecule has 0 unspecified atom stereocenters. The van der Waals surface area contributed by atoms with E-state index in [9.17, 15) is 4.79 Å². The number of para-hydroxylation sites is 1. The number of carbonyl (C=O) groups is 1. The number of rotatable bonds is 5. The topological polar surface area (TPSA) is 62.2 Å². The van der Waals surface area contributed by atoms with Crippen LogP contribution in [0.25, 0.3) is 15.9 Å². The average molecular weight is 406 g/mol. The van der Waals surface area contributed by atoms with E-state index in [1.54, 1.807) is 0 Å². The second-order valence-electron chi connectivity index (χ2n) is 6.51. The quantitative estimate of drug-likeness (QED) is 0.684. The molecule has 144 valence electrons. The fourth-order valence-electron chi connectivity index (χ4n) is 3.25. The molecular formula is C19H24ClN5OS. The molecular weight excluding hydrogens is 382 g/mol. The zero-order valence-corrected chi connectivity index (χ0v) is 16.9. The molecule has 2 aromatic heterocycles. The number of nitrogens with zero attached hydrogens (tertiary/aromatic N) is 3. The Kier molecular flexibility index (Phi) is 6.49. The van der Waals surface area contributed by atoms with Gasteiger partial charge in [0.05, 0.1) is 16.3 Å². The SMILES string of the molecule is Cc1nn(-c2ccccc2)c2sc(C(=O)NCCN3CCNCC3)cc12.Cl. The van der Waals surface area contributed by atoms with Crippen LogP contribution in [0.1, 0.15) is 15.4 Å². The van der Waals surface area contributed by atoms with Crippen LogP contribution in [0.2, 0.25) is 0 Å². The van der Waals surface area contributed by atoms with Gasteiger partial charge in [0.25, 0.3) is 5.91 Å². The summed E-state index contributed by atoms with van der Waals surface area (Å²) >= 11 is 1.50. The number of carbonyl (C=O) groups excluding carboxylic acids is 1. The lowest BCUT2D eigenvalue weighted by atomic mass is 10.3. The molecule has 4 rings (SSSR count). The Bertz CT molecular complexity index is 902. The van der Waals surface area contributed by atoms with Gasteiger partial charge in [-0.1, -0.05) is 18.2 Å². The van der Waals surface area contributed by atoms with Crippen molar-refractivity contribution >= 4 is 39.9 Å². The monoisotopic (exact) mass is 405 g/mol. The predicted molar refractivity (Wildman–Crippen MR) is 113 cm³/mol. The van der Waals surface area contributed by atoms with Gasteiger partial charge in [-0.3, -0.25) is 9.69 Å². The largest absolute Gasteiger partial charge is 0.350 e. The molecule has 6 nitrogen and oxygen atoms in total. The number of hydrogen-bond donors (Lipinski definition) is 2. The predicted octanol–water partition coefficient (Wildman–Crippen LogP) is 2.45. The molecule has 1 amide bonds. The number of aryl methyl sites for hydroxylation is 1. The lowest BCUT2D eigenvalue weighted by molar-refractivity contribution is 0.0951. The molecule has 1 saturated heterocycles. The minimum Gasteiger partial charge on any atom is -0.350 e. The third-order valence-electron chi connectivity index (χ3n) is 4.69. The molecule has 0 saturated carbocycles. The number of piperazine rings is 1. The fourth-order valence-corrected chi connectivity index (χ4v) is 4.35. The first-order valence-corrected chi connectivity index (χ1v) is 9.80. The van der Waals surface area contributed by atoms with Gasteiger partial charge in [-0.05, 0) is 25.1 Å². The molecule has 0 radical (unpaired) electrons. The number of fused-ring (bicyclic) bond motifs is 1. The van der Waals surface area contributed by atoms with Crippen LogP contribution in [-0.4, -0.2) is 59.9 Å². The summed E-state index contributed by atoms with van der Waals surface area (Å²) in [5.74, 6) is 0.000320. The van der Waals surface area contributed by atoms with Gasteiger partial charge >= 0.3 is 0 Å². The highest BCUT2D eigenvalue weighted by atomic mass is 35.5. The summed E-state index contributed by atoms with van der Waals surface area (Å²) in [6.07, 6.45) is 0. The van der Waals surface area contributed by atoms with Crippen molar-refractivity contribution in [1.82, 2.24) is 25.3 Å². The van der Waals surface area contributed by atoms with Gasteiger partial charge in [-0.25, -0.2) is 4.68 Å². The van der Waals surface area contributed by atoms with E-state index >= 15 is 0 Å².